The van der Waals surface area contributed by atoms with E-state index in [1.54, 1.807) is 28.4 Å². The summed E-state index contributed by atoms with van der Waals surface area (Å²) in [4.78, 5) is 14.0. The van der Waals surface area contributed by atoms with Crippen LogP contribution in [0.15, 0.2) is 59.1 Å². The molecule has 40 heavy (non-hydrogen) atoms. The topological polar surface area (TPSA) is 68.2 Å². The summed E-state index contributed by atoms with van der Waals surface area (Å²) >= 11 is 3.74. The van der Waals surface area contributed by atoms with Crippen molar-refractivity contribution in [2.75, 3.05) is 28.4 Å². The summed E-state index contributed by atoms with van der Waals surface area (Å²) in [5.74, 6) is 2.05. The first-order chi connectivity index (χ1) is 19.3. The summed E-state index contributed by atoms with van der Waals surface area (Å²) in [5, 5.41) is 0. The molecule has 2 heterocycles. The lowest BCUT2D eigenvalue weighted by Crippen LogP contribution is -2.14. The molecule has 0 bridgehead atoms. The van der Waals surface area contributed by atoms with E-state index < -0.39 is 5.97 Å². The Morgan fingerprint density at radius 3 is 2.10 bits per heavy atom. The van der Waals surface area contributed by atoms with Crippen molar-refractivity contribution >= 4 is 21.9 Å². The standard InChI is InChI=1S/C32H32BrNO6/c1-18(2)40-32(35)29-28(20-11-12-24(36-3)25(16-20)37-4)31-22-17-27(39-6)26(38-5)15-19(22)13-14-34(31)30(29)21-9-7-8-10-23(21)33/h7-12,15-18H,13-14H2,1-6H3. The maximum atomic E-state index is 14.0. The number of ether oxygens (including phenoxy) is 5. The number of nitrogens with zero attached hydrogens (tertiary/aromatic N) is 1. The minimum atomic E-state index is -0.394. The summed E-state index contributed by atoms with van der Waals surface area (Å²) in [6, 6.07) is 17.6. The van der Waals surface area contributed by atoms with E-state index in [9.17, 15) is 4.79 Å². The Labute approximate surface area is 242 Å². The molecule has 1 aromatic heterocycles. The molecule has 208 valence electrons. The molecule has 1 aliphatic heterocycles. The number of aryl methyl sites for hydroxylation is 1. The number of hydrogen-bond donors (Lipinski definition) is 0. The number of fused-ring (bicyclic) bond motifs is 3. The van der Waals surface area contributed by atoms with Crippen molar-refractivity contribution in [1.82, 2.24) is 4.57 Å². The lowest BCUT2D eigenvalue weighted by molar-refractivity contribution is 0.0379. The van der Waals surface area contributed by atoms with E-state index in [-0.39, 0.29) is 6.10 Å². The van der Waals surface area contributed by atoms with Crippen LogP contribution in [0.1, 0.15) is 29.8 Å². The van der Waals surface area contributed by atoms with Crippen molar-refractivity contribution in [2.24, 2.45) is 0 Å². The third-order valence-corrected chi connectivity index (χ3v) is 7.77. The van der Waals surface area contributed by atoms with Crippen molar-refractivity contribution in [3.05, 3.63) is 70.2 Å². The van der Waals surface area contributed by atoms with Gasteiger partial charge in [-0.2, -0.15) is 0 Å². The molecule has 0 radical (unpaired) electrons. The first-order valence-corrected chi connectivity index (χ1v) is 13.8. The van der Waals surface area contributed by atoms with Gasteiger partial charge in [0.2, 0.25) is 0 Å². The van der Waals surface area contributed by atoms with Gasteiger partial charge < -0.3 is 28.3 Å². The normalized spacial score (nSPS) is 12.0. The molecular formula is C32H32BrNO6. The molecule has 0 fully saturated rings. The summed E-state index contributed by atoms with van der Waals surface area (Å²) in [6.07, 6.45) is 0.449. The predicted octanol–water partition coefficient (Wildman–Crippen LogP) is 7.41. The van der Waals surface area contributed by atoms with Crippen LogP contribution in [0.2, 0.25) is 0 Å². The zero-order valence-corrected chi connectivity index (χ0v) is 25.0. The van der Waals surface area contributed by atoms with E-state index in [2.05, 4.69) is 20.5 Å². The monoisotopic (exact) mass is 605 g/mol. The molecule has 0 saturated heterocycles. The minimum absolute atomic E-state index is 0.300. The van der Waals surface area contributed by atoms with Gasteiger partial charge in [-0.1, -0.05) is 40.2 Å². The van der Waals surface area contributed by atoms with Crippen LogP contribution in [-0.4, -0.2) is 45.1 Å². The number of hydrogen-bond acceptors (Lipinski definition) is 6. The molecule has 3 aromatic carbocycles. The highest BCUT2D eigenvalue weighted by atomic mass is 79.9. The number of benzene rings is 3. The van der Waals surface area contributed by atoms with E-state index in [4.69, 9.17) is 23.7 Å². The molecule has 5 rings (SSSR count). The van der Waals surface area contributed by atoms with Gasteiger partial charge in [-0.25, -0.2) is 4.79 Å². The third kappa shape index (κ3) is 4.70. The van der Waals surface area contributed by atoms with Crippen LogP contribution in [-0.2, 0) is 17.7 Å². The van der Waals surface area contributed by atoms with Crippen LogP contribution in [0.5, 0.6) is 23.0 Å². The van der Waals surface area contributed by atoms with Crippen LogP contribution < -0.4 is 18.9 Å². The molecular weight excluding hydrogens is 574 g/mol. The molecule has 7 nitrogen and oxygen atoms in total. The Morgan fingerprint density at radius 1 is 0.800 bits per heavy atom. The minimum Gasteiger partial charge on any atom is -0.493 e. The largest absolute Gasteiger partial charge is 0.493 e. The second-order valence-corrected chi connectivity index (χ2v) is 10.6. The van der Waals surface area contributed by atoms with Gasteiger partial charge in [-0.15, -0.1) is 0 Å². The number of methoxy groups -OCH3 is 4. The Morgan fingerprint density at radius 2 is 1.45 bits per heavy atom. The molecule has 0 aliphatic carbocycles. The number of carbonyl (C=O) groups excluding carboxylic acids is 1. The fourth-order valence-electron chi connectivity index (χ4n) is 5.38. The van der Waals surface area contributed by atoms with Gasteiger partial charge in [-0.05, 0) is 61.7 Å². The molecule has 0 amide bonds. The van der Waals surface area contributed by atoms with Crippen LogP contribution in [0.25, 0.3) is 33.6 Å². The summed E-state index contributed by atoms with van der Waals surface area (Å²) in [6.45, 7) is 4.37. The highest BCUT2D eigenvalue weighted by Crippen LogP contribution is 2.50. The zero-order valence-electron chi connectivity index (χ0n) is 23.5. The van der Waals surface area contributed by atoms with E-state index >= 15 is 0 Å². The van der Waals surface area contributed by atoms with Gasteiger partial charge in [0, 0.05) is 27.7 Å². The van der Waals surface area contributed by atoms with Crippen LogP contribution >= 0.6 is 15.9 Å². The van der Waals surface area contributed by atoms with Crippen molar-refractivity contribution in [2.45, 2.75) is 32.9 Å². The Kier molecular flexibility index (Phi) is 7.81. The summed E-state index contributed by atoms with van der Waals surface area (Å²) in [5.41, 5.74) is 6.70. The van der Waals surface area contributed by atoms with E-state index in [1.165, 1.54) is 0 Å². The second kappa shape index (κ2) is 11.3. The van der Waals surface area contributed by atoms with Gasteiger partial charge >= 0.3 is 5.97 Å². The van der Waals surface area contributed by atoms with Crippen molar-refractivity contribution in [3.63, 3.8) is 0 Å². The number of rotatable bonds is 8. The van der Waals surface area contributed by atoms with Gasteiger partial charge in [0.15, 0.2) is 23.0 Å². The Bertz CT molecular complexity index is 1590. The van der Waals surface area contributed by atoms with Crippen LogP contribution in [0.4, 0.5) is 0 Å². The smallest absolute Gasteiger partial charge is 0.341 e. The Hall–Kier alpha value is -3.91. The molecule has 0 saturated carbocycles. The molecule has 4 aromatic rings. The lowest BCUT2D eigenvalue weighted by atomic mass is 9.91. The van der Waals surface area contributed by atoms with E-state index in [0.717, 1.165) is 50.1 Å². The number of aromatic nitrogens is 1. The first-order valence-electron chi connectivity index (χ1n) is 13.0. The Balaban J connectivity index is 1.94. The first kappa shape index (κ1) is 27.6. The van der Waals surface area contributed by atoms with Crippen LogP contribution in [0.3, 0.4) is 0 Å². The van der Waals surface area contributed by atoms with Crippen LogP contribution in [0, 0.1) is 0 Å². The summed E-state index contributed by atoms with van der Waals surface area (Å²) < 4.78 is 31.5. The number of halogens is 1. The second-order valence-electron chi connectivity index (χ2n) is 9.72. The summed E-state index contributed by atoms with van der Waals surface area (Å²) in [7, 11) is 6.46. The van der Waals surface area contributed by atoms with Gasteiger partial charge in [0.1, 0.15) is 0 Å². The zero-order chi connectivity index (χ0) is 28.6. The molecule has 0 unspecified atom stereocenters. The maximum absolute atomic E-state index is 14.0. The molecule has 8 heteroatoms. The average Bonchev–Trinajstić information content (AvgIpc) is 3.31. The van der Waals surface area contributed by atoms with Gasteiger partial charge in [0.05, 0.1) is 51.5 Å². The maximum Gasteiger partial charge on any atom is 0.341 e. The van der Waals surface area contributed by atoms with E-state index in [0.29, 0.717) is 35.1 Å². The third-order valence-electron chi connectivity index (χ3n) is 7.08. The van der Waals surface area contributed by atoms with Crippen molar-refractivity contribution in [3.8, 4) is 56.6 Å². The molecule has 0 N–H and O–H groups in total. The van der Waals surface area contributed by atoms with E-state index in [1.807, 2.05) is 68.4 Å². The van der Waals surface area contributed by atoms with Gasteiger partial charge in [-0.3, -0.25) is 0 Å². The molecule has 0 spiro atoms. The fraction of sp³-hybridized carbons (Fsp3) is 0.281. The molecule has 1 aliphatic rings. The highest BCUT2D eigenvalue weighted by molar-refractivity contribution is 9.10. The lowest BCUT2D eigenvalue weighted by Gasteiger charge is -2.24. The van der Waals surface area contributed by atoms with Crippen molar-refractivity contribution in [1.29, 1.82) is 0 Å². The van der Waals surface area contributed by atoms with Crippen molar-refractivity contribution < 1.29 is 28.5 Å². The fourth-order valence-corrected chi connectivity index (χ4v) is 5.85. The molecule has 0 atom stereocenters. The number of esters is 1. The highest BCUT2D eigenvalue weighted by Gasteiger charge is 2.35. The quantitative estimate of drug-likeness (QED) is 0.195. The van der Waals surface area contributed by atoms with Gasteiger partial charge in [0.25, 0.3) is 0 Å². The SMILES string of the molecule is COc1ccc(-c2c(C(=O)OC(C)C)c(-c3ccccc3Br)n3c2-c2cc(OC)c(OC)cc2CC3)cc1OC. The number of carbonyl (C=O) groups is 1. The predicted molar refractivity (Wildman–Crippen MR) is 159 cm³/mol. The average molecular weight is 607 g/mol.